The Kier molecular flexibility index (Phi) is 15.1. The summed E-state index contributed by atoms with van der Waals surface area (Å²) < 4.78 is 1.26. The maximum atomic E-state index is 5.98. The van der Waals surface area contributed by atoms with Gasteiger partial charge in [0.15, 0.2) is 0 Å². The number of benzene rings is 2. The Hall–Kier alpha value is -1.73. The molecule has 8 rings (SSSR count). The molecule has 9 unspecified atom stereocenters. The molecule has 0 spiro atoms. The van der Waals surface area contributed by atoms with Crippen molar-refractivity contribution < 1.29 is 49.0 Å². The van der Waals surface area contributed by atoms with E-state index in [1.807, 2.05) is 36.4 Å². The van der Waals surface area contributed by atoms with Crippen LogP contribution in [0.2, 0.25) is 10.0 Å². The maximum Gasteiger partial charge on any atom is -1.00 e. The van der Waals surface area contributed by atoms with Gasteiger partial charge < -0.3 is 31.2 Å². The topological polar surface area (TPSA) is 0 Å². The van der Waals surface area contributed by atoms with Gasteiger partial charge in [0.2, 0.25) is 0 Å². The smallest absolute Gasteiger partial charge is 1.00 e. The number of hydrogen-bond acceptors (Lipinski definition) is 0. The third-order valence-corrected chi connectivity index (χ3v) is 18.5. The molecule has 0 heterocycles. The second-order valence-electron chi connectivity index (χ2n) is 19.7. The van der Waals surface area contributed by atoms with E-state index in [0.717, 1.165) is 21.2 Å². The van der Waals surface area contributed by atoms with Gasteiger partial charge in [-0.15, -0.1) is 17.4 Å². The molecule has 5 heteroatoms. The van der Waals surface area contributed by atoms with Crippen molar-refractivity contribution in [2.45, 2.75) is 95.9 Å². The molecule has 6 aliphatic carbocycles. The van der Waals surface area contributed by atoms with E-state index in [9.17, 15) is 0 Å². The predicted molar refractivity (Wildman–Crippen MR) is 244 cm³/mol. The second kappa shape index (κ2) is 17.8. The van der Waals surface area contributed by atoms with Gasteiger partial charge in [0.05, 0.1) is 0 Å². The molecule has 2 aromatic rings. The van der Waals surface area contributed by atoms with Gasteiger partial charge in [-0.3, -0.25) is 6.08 Å². The van der Waals surface area contributed by atoms with E-state index < -0.39 is 0 Å². The van der Waals surface area contributed by atoms with Crippen molar-refractivity contribution in [2.24, 2.45) is 55.2 Å². The van der Waals surface area contributed by atoms with Crippen molar-refractivity contribution in [3.63, 3.8) is 0 Å². The van der Waals surface area contributed by atoms with Crippen LogP contribution in [0.25, 0.3) is 0 Å². The van der Waals surface area contributed by atoms with Gasteiger partial charge >= 0.3 is 120 Å². The molecule has 2 aromatic carbocycles. The van der Waals surface area contributed by atoms with Gasteiger partial charge in [0, 0.05) is 10.8 Å². The Morgan fingerprint density at radius 2 is 1.24 bits per heavy atom. The van der Waals surface area contributed by atoms with E-state index in [0.29, 0.717) is 17.3 Å². The van der Waals surface area contributed by atoms with E-state index >= 15 is 0 Å². The Morgan fingerprint density at radius 3 is 1.71 bits per heavy atom. The van der Waals surface area contributed by atoms with Crippen LogP contribution >= 0.6 is 23.2 Å². The van der Waals surface area contributed by atoms with Gasteiger partial charge in [-0.1, -0.05) is 167 Å². The molecule has 0 amide bonds. The molecule has 9 atom stereocenters. The first kappa shape index (κ1) is 49.9. The zero-order chi connectivity index (χ0) is 41.9. The van der Waals surface area contributed by atoms with Crippen molar-refractivity contribution in [1.29, 1.82) is 0 Å². The molecule has 0 nitrogen and oxygen atoms in total. The molecule has 59 heavy (non-hydrogen) atoms. The quantitative estimate of drug-likeness (QED) is 0.268. The fourth-order valence-electron chi connectivity index (χ4n) is 12.2. The number of rotatable bonds is 4. The van der Waals surface area contributed by atoms with Crippen molar-refractivity contribution in [1.82, 2.24) is 0 Å². The minimum absolute atomic E-state index is 0. The molecule has 0 saturated heterocycles. The van der Waals surface area contributed by atoms with Gasteiger partial charge in [0.1, 0.15) is 0 Å². The van der Waals surface area contributed by atoms with Crippen LogP contribution < -0.4 is 24.8 Å². The summed E-state index contributed by atoms with van der Waals surface area (Å²) in [5.74, 6) is 1.05. The summed E-state index contributed by atoms with van der Waals surface area (Å²) in [7, 11) is 0. The van der Waals surface area contributed by atoms with Crippen LogP contribution in [0.1, 0.15) is 107 Å². The van der Waals surface area contributed by atoms with Crippen LogP contribution in [-0.4, -0.2) is 3.21 Å². The van der Waals surface area contributed by atoms with Crippen molar-refractivity contribution >= 4 is 26.4 Å². The Bertz CT molecular complexity index is 2110. The molecule has 314 valence electrons. The summed E-state index contributed by atoms with van der Waals surface area (Å²) >= 11 is 13.3. The van der Waals surface area contributed by atoms with Crippen LogP contribution in [0.4, 0.5) is 0 Å². The molecule has 0 bridgehead atoms. The fraction of sp³-hybridized carbons (Fsp3) is 0.444. The second-order valence-corrected chi connectivity index (χ2v) is 21.8. The SMILES string of the molecule is CC1=CC=CC2[CH-]C3(C)C4(C)C=CC=CC4(C)C4(C)C=CC=CC4(C)C3(C)C12C.CCCC1[C-]=CC(C(C)(C)C)=C1.Clc1cccc([C](=[Zr+2])c2cccc(Cl)c2)c1.[Cl-].[Cl-]. The van der Waals surface area contributed by atoms with Gasteiger partial charge in [-0.05, 0) is 28.6 Å². The van der Waals surface area contributed by atoms with Gasteiger partial charge in [0.25, 0.3) is 0 Å². The third kappa shape index (κ3) is 7.54. The first-order valence-electron chi connectivity index (χ1n) is 21.0. The molecular weight excluding hydrogens is 882 g/mol. The summed E-state index contributed by atoms with van der Waals surface area (Å²) in [6, 6.07) is 15.8. The normalized spacial score (nSPS) is 36.5. The first-order chi connectivity index (χ1) is 26.6. The number of halogens is 4. The van der Waals surface area contributed by atoms with E-state index in [2.05, 4.69) is 187 Å². The van der Waals surface area contributed by atoms with E-state index in [4.69, 9.17) is 23.2 Å². The standard InChI is InChI=1S/C29H37.C13H8Cl2.C12H19.2ClH.Zr/c1-21-14-13-15-22-20-27(6)25(4)18-10-9-16-23(25,2)24(3)17-11-12-19-26(24,5)29(27,8)28(21,22)7;14-12-5-1-3-10(8-12)7-11-4-2-6-13(15)9-11;1-5-6-10-7-8-11(9-10)12(2,3)4;;;/h9-20,22H,1-8H3;1-6,8-9H;8-10H,5-6H2,1-4H3;2*1H;/q-1;;-1;;;+2/p-2. The number of hydrogen-bond donors (Lipinski definition) is 0. The molecule has 0 radical (unpaired) electrons. The van der Waals surface area contributed by atoms with Crippen LogP contribution in [0.3, 0.4) is 0 Å². The Morgan fingerprint density at radius 1 is 0.746 bits per heavy atom. The van der Waals surface area contributed by atoms with Gasteiger partial charge in [-0.2, -0.15) is 11.6 Å². The summed E-state index contributed by atoms with van der Waals surface area (Å²) in [6.45, 7) is 29.3. The summed E-state index contributed by atoms with van der Waals surface area (Å²) in [5, 5.41) is 1.53. The first-order valence-corrected chi connectivity index (χ1v) is 23.0. The molecule has 2 saturated carbocycles. The van der Waals surface area contributed by atoms with Crippen LogP contribution in [0, 0.1) is 67.7 Å². The largest absolute Gasteiger partial charge is 1.00 e. The average Bonchev–Trinajstić information content (AvgIpc) is 3.72. The fourth-order valence-corrected chi connectivity index (χ4v) is 13.3. The van der Waals surface area contributed by atoms with E-state index in [1.54, 1.807) is 0 Å². The van der Waals surface area contributed by atoms with Gasteiger partial charge in [-0.25, -0.2) is 6.08 Å². The minimum Gasteiger partial charge on any atom is -1.00 e. The molecular formula is C54H64Cl4Zr-2. The number of allylic oxidation sites excluding steroid dienone is 16. The summed E-state index contributed by atoms with van der Waals surface area (Å²) in [5.41, 5.74) is 5.80. The monoisotopic (exact) mass is 942 g/mol. The maximum absolute atomic E-state index is 5.98. The van der Waals surface area contributed by atoms with Crippen molar-refractivity contribution in [2.75, 3.05) is 0 Å². The van der Waals surface area contributed by atoms with Crippen LogP contribution in [0.15, 0.2) is 139 Å². The number of fused-ring (bicyclic) bond motifs is 8. The van der Waals surface area contributed by atoms with Crippen molar-refractivity contribution in [3.05, 3.63) is 172 Å². The molecule has 0 aliphatic heterocycles. The van der Waals surface area contributed by atoms with Crippen LogP contribution in [-0.2, 0) is 24.2 Å². The average molecular weight is 946 g/mol. The van der Waals surface area contributed by atoms with E-state index in [1.165, 1.54) is 51.4 Å². The van der Waals surface area contributed by atoms with Crippen molar-refractivity contribution in [3.8, 4) is 0 Å². The minimum atomic E-state index is 0. The van der Waals surface area contributed by atoms with E-state index in [-0.39, 0.29) is 62.7 Å². The predicted octanol–water partition coefficient (Wildman–Crippen LogP) is 9.51. The zero-order valence-electron chi connectivity index (χ0n) is 37.3. The molecule has 2 fully saturated rings. The molecule has 0 aromatic heterocycles. The third-order valence-electron chi connectivity index (χ3n) is 16.6. The van der Waals surface area contributed by atoms with Crippen LogP contribution in [0.5, 0.6) is 0 Å². The molecule has 6 aliphatic rings. The summed E-state index contributed by atoms with van der Waals surface area (Å²) in [4.78, 5) is 0. The Labute approximate surface area is 395 Å². The summed E-state index contributed by atoms with van der Waals surface area (Å²) in [6.07, 6.45) is 39.7. The zero-order valence-corrected chi connectivity index (χ0v) is 42.8. The Balaban J connectivity index is 0.000000217. The molecule has 0 N–H and O–H groups in total.